The Morgan fingerprint density at radius 3 is 2.06 bits per heavy atom. The molecule has 3 heterocycles. The largest absolute Gasteiger partial charge is 0.497 e. The number of ether oxygens (including phenoxy) is 1. The van der Waals surface area contributed by atoms with Gasteiger partial charge in [0.2, 0.25) is 0 Å². The highest BCUT2D eigenvalue weighted by Crippen LogP contribution is 2.37. The number of hydrogen-bond acceptors (Lipinski definition) is 5. The van der Waals surface area contributed by atoms with E-state index in [1.165, 1.54) is 16.9 Å². The van der Waals surface area contributed by atoms with Crippen molar-refractivity contribution < 1.29 is 9.53 Å². The highest BCUT2D eigenvalue weighted by atomic mass is 32.1. The monoisotopic (exact) mass is 712 g/mol. The van der Waals surface area contributed by atoms with Gasteiger partial charge in [-0.1, -0.05) is 120 Å². The Hall–Kier alpha value is -6.51. The summed E-state index contributed by atoms with van der Waals surface area (Å²) < 4.78 is 9.87. The van der Waals surface area contributed by atoms with Crippen LogP contribution in [0.2, 0.25) is 0 Å². The molecule has 7 aromatic rings. The van der Waals surface area contributed by atoms with Crippen LogP contribution >= 0.6 is 11.3 Å². The SMILES string of the molecule is COc1ccc([C@@H]2C(C(=O)Nc3ccccc3)=C(C)N=c3s/c(=C/c4cc(-c5ccccc5)n(-c5ccc(C)cc5)c4-c4ccccc4)c(=O)n32)cc1. The van der Waals surface area contributed by atoms with Crippen molar-refractivity contribution in [2.24, 2.45) is 4.99 Å². The number of fused-ring (bicyclic) bond motifs is 1. The van der Waals surface area contributed by atoms with E-state index < -0.39 is 6.04 Å². The first kappa shape index (κ1) is 33.6. The predicted molar refractivity (Wildman–Crippen MR) is 213 cm³/mol. The molecular weight excluding hydrogens is 677 g/mol. The summed E-state index contributed by atoms with van der Waals surface area (Å²) in [5, 5.41) is 3.03. The Labute approximate surface area is 311 Å². The quantitative estimate of drug-likeness (QED) is 0.172. The first-order valence-corrected chi connectivity index (χ1v) is 18.2. The number of nitrogens with one attached hydrogen (secondary N) is 1. The molecule has 1 amide bonds. The van der Waals surface area contributed by atoms with Crippen LogP contribution in [0.25, 0.3) is 34.3 Å². The molecule has 0 unspecified atom stereocenters. The van der Waals surface area contributed by atoms with Gasteiger partial charge in [-0.05, 0) is 79.1 Å². The number of aryl methyl sites for hydroxylation is 1. The number of methoxy groups -OCH3 is 1. The third-order valence-electron chi connectivity index (χ3n) is 9.46. The molecule has 0 bridgehead atoms. The molecule has 5 aromatic carbocycles. The van der Waals surface area contributed by atoms with Crippen LogP contribution in [0.5, 0.6) is 5.75 Å². The zero-order chi connectivity index (χ0) is 36.5. The highest BCUT2D eigenvalue weighted by molar-refractivity contribution is 7.07. The number of thiazole rings is 1. The number of amides is 1. The van der Waals surface area contributed by atoms with Crippen LogP contribution in [0.1, 0.15) is 29.7 Å². The summed E-state index contributed by atoms with van der Waals surface area (Å²) in [6.45, 7) is 3.91. The van der Waals surface area contributed by atoms with Gasteiger partial charge < -0.3 is 14.6 Å². The van der Waals surface area contributed by atoms with Gasteiger partial charge in [0.25, 0.3) is 11.5 Å². The summed E-state index contributed by atoms with van der Waals surface area (Å²) in [7, 11) is 1.61. The van der Waals surface area contributed by atoms with Gasteiger partial charge in [-0.2, -0.15) is 0 Å². The molecule has 2 aromatic heterocycles. The minimum absolute atomic E-state index is 0.226. The van der Waals surface area contributed by atoms with Gasteiger partial charge in [0.1, 0.15) is 5.75 Å². The van der Waals surface area contributed by atoms with Gasteiger partial charge in [-0.15, -0.1) is 0 Å². The second-order valence-corrected chi connectivity index (χ2v) is 13.9. The lowest BCUT2D eigenvalue weighted by atomic mass is 9.95. The lowest BCUT2D eigenvalue weighted by Gasteiger charge is -2.25. The van der Waals surface area contributed by atoms with Crippen LogP contribution in [0, 0.1) is 6.92 Å². The van der Waals surface area contributed by atoms with Crippen molar-refractivity contribution in [2.45, 2.75) is 19.9 Å². The van der Waals surface area contributed by atoms with Gasteiger partial charge in [-0.25, -0.2) is 4.99 Å². The van der Waals surface area contributed by atoms with Crippen molar-refractivity contribution >= 4 is 29.0 Å². The van der Waals surface area contributed by atoms with E-state index in [4.69, 9.17) is 9.73 Å². The fourth-order valence-corrected chi connectivity index (χ4v) is 7.93. The first-order chi connectivity index (χ1) is 25.9. The minimum Gasteiger partial charge on any atom is -0.497 e. The average molecular weight is 713 g/mol. The van der Waals surface area contributed by atoms with Crippen LogP contribution in [0.4, 0.5) is 5.69 Å². The molecule has 0 aliphatic carbocycles. The Balaban J connectivity index is 1.35. The summed E-state index contributed by atoms with van der Waals surface area (Å²) in [6, 6.07) is 47.3. The maximum Gasteiger partial charge on any atom is 0.271 e. The van der Waals surface area contributed by atoms with Gasteiger partial charge in [-0.3, -0.25) is 14.2 Å². The number of carbonyl (C=O) groups is 1. The number of rotatable bonds is 8. The summed E-state index contributed by atoms with van der Waals surface area (Å²) in [4.78, 5) is 34.2. The van der Waals surface area contributed by atoms with E-state index in [1.807, 2.05) is 104 Å². The van der Waals surface area contributed by atoms with E-state index in [1.54, 1.807) is 11.7 Å². The van der Waals surface area contributed by atoms with Crippen molar-refractivity contribution in [3.8, 4) is 34.0 Å². The maximum absolute atomic E-state index is 14.8. The summed E-state index contributed by atoms with van der Waals surface area (Å²) in [5.74, 6) is 0.361. The zero-order valence-corrected chi connectivity index (χ0v) is 30.3. The first-order valence-electron chi connectivity index (χ1n) is 17.4. The zero-order valence-electron chi connectivity index (χ0n) is 29.5. The molecule has 0 radical (unpaired) electrons. The number of benzene rings is 5. The van der Waals surface area contributed by atoms with Crippen molar-refractivity contribution in [3.63, 3.8) is 0 Å². The number of aromatic nitrogens is 2. The number of nitrogens with zero attached hydrogens (tertiary/aromatic N) is 3. The molecule has 260 valence electrons. The molecule has 0 spiro atoms. The molecule has 7 nitrogen and oxygen atoms in total. The van der Waals surface area contributed by atoms with Crippen LogP contribution in [-0.4, -0.2) is 22.2 Å². The molecular formula is C45H36N4O3S. The van der Waals surface area contributed by atoms with E-state index in [0.29, 0.717) is 32.0 Å². The van der Waals surface area contributed by atoms with E-state index in [2.05, 4.69) is 71.4 Å². The standard InChI is InChI=1S/C45H36N4O3S/c1-29-19-23-36(24-20-29)48-38(31-13-7-4-8-14-31)27-34(41(48)32-15-9-5-10-16-32)28-39-44(51)49-42(33-21-25-37(52-3)26-22-33)40(30(2)46-45(49)53-39)43(50)47-35-17-11-6-12-18-35/h4-28,42H,1-3H3,(H,47,50)/b39-28+/t42-/m1/s1. The summed E-state index contributed by atoms with van der Waals surface area (Å²) >= 11 is 1.33. The second kappa shape index (κ2) is 14.3. The lowest BCUT2D eigenvalue weighted by molar-refractivity contribution is -0.113. The fourth-order valence-electron chi connectivity index (χ4n) is 6.89. The minimum atomic E-state index is -0.714. The molecule has 0 fully saturated rings. The molecule has 1 aliphatic rings. The van der Waals surface area contributed by atoms with Crippen LogP contribution < -0.4 is 24.9 Å². The van der Waals surface area contributed by atoms with Gasteiger partial charge in [0, 0.05) is 16.9 Å². The molecule has 1 aliphatic heterocycles. The molecule has 1 N–H and O–H groups in total. The van der Waals surface area contributed by atoms with Crippen LogP contribution in [0.15, 0.2) is 167 Å². The maximum atomic E-state index is 14.8. The van der Waals surface area contributed by atoms with Gasteiger partial charge in [0.05, 0.1) is 40.3 Å². The number of carbonyl (C=O) groups excluding carboxylic acids is 1. The number of allylic oxidation sites excluding steroid dienone is 1. The molecule has 8 rings (SSSR count). The molecule has 53 heavy (non-hydrogen) atoms. The third-order valence-corrected chi connectivity index (χ3v) is 10.4. The van der Waals surface area contributed by atoms with Crippen molar-refractivity contribution in [2.75, 3.05) is 12.4 Å². The molecule has 0 saturated carbocycles. The van der Waals surface area contributed by atoms with Gasteiger partial charge in [0.15, 0.2) is 4.80 Å². The summed E-state index contributed by atoms with van der Waals surface area (Å²) in [5.41, 5.74) is 9.25. The van der Waals surface area contributed by atoms with Crippen LogP contribution in [-0.2, 0) is 4.79 Å². The van der Waals surface area contributed by atoms with Crippen molar-refractivity contribution in [1.29, 1.82) is 0 Å². The van der Waals surface area contributed by atoms with E-state index >= 15 is 0 Å². The highest BCUT2D eigenvalue weighted by Gasteiger charge is 2.33. The Morgan fingerprint density at radius 2 is 1.42 bits per heavy atom. The topological polar surface area (TPSA) is 77.6 Å². The molecule has 8 heteroatoms. The van der Waals surface area contributed by atoms with E-state index in [-0.39, 0.29) is 11.5 Å². The van der Waals surface area contributed by atoms with E-state index in [9.17, 15) is 9.59 Å². The lowest BCUT2D eigenvalue weighted by Crippen LogP contribution is -2.40. The third kappa shape index (κ3) is 6.45. The Morgan fingerprint density at radius 1 is 0.792 bits per heavy atom. The normalized spacial score (nSPS) is 14.1. The second-order valence-electron chi connectivity index (χ2n) is 12.9. The number of para-hydroxylation sites is 1. The van der Waals surface area contributed by atoms with Crippen molar-refractivity contribution in [3.05, 3.63) is 193 Å². The van der Waals surface area contributed by atoms with Gasteiger partial charge >= 0.3 is 0 Å². The summed E-state index contributed by atoms with van der Waals surface area (Å²) in [6.07, 6.45) is 1.97. The average Bonchev–Trinajstić information content (AvgIpc) is 3.72. The Bertz CT molecular complexity index is 2660. The van der Waals surface area contributed by atoms with E-state index in [0.717, 1.165) is 39.3 Å². The van der Waals surface area contributed by atoms with Crippen LogP contribution in [0.3, 0.4) is 0 Å². The predicted octanol–water partition coefficient (Wildman–Crippen LogP) is 8.32. The molecule has 0 saturated heterocycles. The Kier molecular flexibility index (Phi) is 9.04. The van der Waals surface area contributed by atoms with Crippen molar-refractivity contribution in [1.82, 2.24) is 9.13 Å². The number of hydrogen-bond donors (Lipinski definition) is 1. The molecule has 1 atom stereocenters. The fraction of sp³-hybridized carbons (Fsp3) is 0.0889. The number of anilines is 1. The smallest absolute Gasteiger partial charge is 0.271 e.